The van der Waals surface area contributed by atoms with E-state index in [0.717, 1.165) is 32.0 Å². The second kappa shape index (κ2) is 6.02. The SMILES string of the molecule is CN(C)C(CNC1=NCCCN1)c1cccs1. The summed E-state index contributed by atoms with van der Waals surface area (Å²) in [5.41, 5.74) is 0. The van der Waals surface area contributed by atoms with Gasteiger partial charge in [0.1, 0.15) is 0 Å². The Bertz CT molecular complexity index is 359. The maximum atomic E-state index is 4.42. The summed E-state index contributed by atoms with van der Waals surface area (Å²) in [4.78, 5) is 8.05. The molecule has 0 saturated carbocycles. The summed E-state index contributed by atoms with van der Waals surface area (Å²) in [5.74, 6) is 0.944. The number of guanidine groups is 1. The predicted molar refractivity (Wildman–Crippen MR) is 73.7 cm³/mol. The highest BCUT2D eigenvalue weighted by atomic mass is 32.1. The summed E-state index contributed by atoms with van der Waals surface area (Å²) in [6.45, 7) is 2.85. The molecule has 1 aromatic heterocycles. The first kappa shape index (κ1) is 12.4. The van der Waals surface area contributed by atoms with E-state index in [2.05, 4.69) is 52.1 Å². The molecule has 0 fully saturated rings. The van der Waals surface area contributed by atoms with Crippen molar-refractivity contribution >= 4 is 17.3 Å². The first-order chi connectivity index (χ1) is 8.27. The van der Waals surface area contributed by atoms with E-state index in [0.29, 0.717) is 6.04 Å². The van der Waals surface area contributed by atoms with Gasteiger partial charge in [0.25, 0.3) is 0 Å². The van der Waals surface area contributed by atoms with Gasteiger partial charge in [-0.15, -0.1) is 11.3 Å². The van der Waals surface area contributed by atoms with Gasteiger partial charge in [0, 0.05) is 24.5 Å². The lowest BCUT2D eigenvalue weighted by atomic mass is 10.2. The molecular formula is C12H20N4S. The Morgan fingerprint density at radius 1 is 1.59 bits per heavy atom. The van der Waals surface area contributed by atoms with Crippen LogP contribution >= 0.6 is 11.3 Å². The van der Waals surface area contributed by atoms with Gasteiger partial charge in [-0.3, -0.25) is 4.99 Å². The van der Waals surface area contributed by atoms with Gasteiger partial charge in [0.2, 0.25) is 0 Å². The molecule has 4 nitrogen and oxygen atoms in total. The van der Waals surface area contributed by atoms with Crippen molar-refractivity contribution in [2.45, 2.75) is 12.5 Å². The monoisotopic (exact) mass is 252 g/mol. The standard InChI is InChI=1S/C12H20N4S/c1-16(2)10(11-5-3-8-17-11)9-15-12-13-6-4-7-14-12/h3,5,8,10H,4,6-7,9H2,1-2H3,(H2,13,14,15). The fourth-order valence-corrected chi connectivity index (χ4v) is 2.79. The molecule has 5 heteroatoms. The Kier molecular flexibility index (Phi) is 4.39. The lowest BCUT2D eigenvalue weighted by molar-refractivity contribution is 0.302. The zero-order valence-corrected chi connectivity index (χ0v) is 11.3. The van der Waals surface area contributed by atoms with E-state index in [1.807, 2.05) is 0 Å². The van der Waals surface area contributed by atoms with Gasteiger partial charge in [-0.2, -0.15) is 0 Å². The van der Waals surface area contributed by atoms with Gasteiger partial charge in [-0.25, -0.2) is 0 Å². The molecule has 0 amide bonds. The third kappa shape index (κ3) is 3.44. The molecule has 0 aliphatic carbocycles. The van der Waals surface area contributed by atoms with Crippen LogP contribution in [0.3, 0.4) is 0 Å². The van der Waals surface area contributed by atoms with Gasteiger partial charge in [0.15, 0.2) is 5.96 Å². The molecule has 0 radical (unpaired) electrons. The van der Waals surface area contributed by atoms with Crippen LogP contribution in [-0.4, -0.2) is 44.6 Å². The van der Waals surface area contributed by atoms with Crippen LogP contribution in [0.15, 0.2) is 22.5 Å². The zero-order chi connectivity index (χ0) is 12.1. The second-order valence-corrected chi connectivity index (χ2v) is 5.37. The molecular weight excluding hydrogens is 232 g/mol. The average molecular weight is 252 g/mol. The van der Waals surface area contributed by atoms with E-state index in [1.165, 1.54) is 4.88 Å². The molecule has 2 rings (SSSR count). The minimum Gasteiger partial charge on any atom is -0.356 e. The predicted octanol–water partition coefficient (Wildman–Crippen LogP) is 1.29. The highest BCUT2D eigenvalue weighted by molar-refractivity contribution is 7.10. The number of aliphatic imine (C=N–C) groups is 1. The van der Waals surface area contributed by atoms with Crippen molar-refractivity contribution in [2.24, 2.45) is 4.99 Å². The molecule has 17 heavy (non-hydrogen) atoms. The van der Waals surface area contributed by atoms with Gasteiger partial charge < -0.3 is 15.5 Å². The van der Waals surface area contributed by atoms with Crippen molar-refractivity contribution in [2.75, 3.05) is 33.7 Å². The smallest absolute Gasteiger partial charge is 0.191 e. The van der Waals surface area contributed by atoms with Crippen LogP contribution in [0.25, 0.3) is 0 Å². The van der Waals surface area contributed by atoms with Crippen LogP contribution in [0.4, 0.5) is 0 Å². The quantitative estimate of drug-likeness (QED) is 0.848. The fraction of sp³-hybridized carbons (Fsp3) is 0.583. The van der Waals surface area contributed by atoms with E-state index in [-0.39, 0.29) is 0 Å². The van der Waals surface area contributed by atoms with Crippen molar-refractivity contribution < 1.29 is 0 Å². The maximum Gasteiger partial charge on any atom is 0.191 e. The Morgan fingerprint density at radius 2 is 2.47 bits per heavy atom. The third-order valence-corrected chi connectivity index (χ3v) is 3.83. The molecule has 1 aliphatic heterocycles. The van der Waals surface area contributed by atoms with Crippen LogP contribution in [0.1, 0.15) is 17.3 Å². The second-order valence-electron chi connectivity index (χ2n) is 4.39. The Balaban J connectivity index is 1.92. The van der Waals surface area contributed by atoms with Crippen LogP contribution in [0, 0.1) is 0 Å². The van der Waals surface area contributed by atoms with Crippen molar-refractivity contribution in [1.82, 2.24) is 15.5 Å². The van der Waals surface area contributed by atoms with Gasteiger partial charge in [-0.05, 0) is 32.0 Å². The molecule has 0 spiro atoms. The average Bonchev–Trinajstić information content (AvgIpc) is 2.84. The van der Waals surface area contributed by atoms with Crippen LogP contribution in [0.2, 0.25) is 0 Å². The van der Waals surface area contributed by atoms with Gasteiger partial charge in [0.05, 0.1) is 6.04 Å². The van der Waals surface area contributed by atoms with Crippen molar-refractivity contribution in [3.05, 3.63) is 22.4 Å². The van der Waals surface area contributed by atoms with Crippen molar-refractivity contribution in [3.8, 4) is 0 Å². The normalized spacial score (nSPS) is 17.5. The number of rotatable bonds is 4. The fourth-order valence-electron chi connectivity index (χ4n) is 1.86. The molecule has 1 unspecified atom stereocenters. The first-order valence-electron chi connectivity index (χ1n) is 5.99. The first-order valence-corrected chi connectivity index (χ1v) is 6.87. The largest absolute Gasteiger partial charge is 0.356 e. The molecule has 0 saturated heterocycles. The highest BCUT2D eigenvalue weighted by Crippen LogP contribution is 2.22. The molecule has 1 atom stereocenters. The van der Waals surface area contributed by atoms with Crippen molar-refractivity contribution in [1.29, 1.82) is 0 Å². The third-order valence-electron chi connectivity index (χ3n) is 2.86. The maximum absolute atomic E-state index is 4.42. The molecule has 0 bridgehead atoms. The lowest BCUT2D eigenvalue weighted by Crippen LogP contribution is -2.43. The molecule has 1 aromatic rings. The lowest BCUT2D eigenvalue weighted by Gasteiger charge is -2.25. The minimum absolute atomic E-state index is 0.404. The molecule has 0 aromatic carbocycles. The number of likely N-dealkylation sites (N-methyl/N-ethyl adjacent to an activating group) is 1. The van der Waals surface area contributed by atoms with Crippen LogP contribution in [0.5, 0.6) is 0 Å². The summed E-state index contributed by atoms with van der Waals surface area (Å²) in [5, 5.41) is 8.80. The number of nitrogens with one attached hydrogen (secondary N) is 2. The summed E-state index contributed by atoms with van der Waals surface area (Å²) >= 11 is 1.80. The van der Waals surface area contributed by atoms with E-state index >= 15 is 0 Å². The molecule has 1 aliphatic rings. The Labute approximate surface area is 107 Å². The number of thiophene rings is 1. The number of hydrogen-bond donors (Lipinski definition) is 2. The van der Waals surface area contributed by atoms with Gasteiger partial charge in [-0.1, -0.05) is 6.07 Å². The minimum atomic E-state index is 0.404. The van der Waals surface area contributed by atoms with Gasteiger partial charge >= 0.3 is 0 Å². The van der Waals surface area contributed by atoms with E-state index in [9.17, 15) is 0 Å². The summed E-state index contributed by atoms with van der Waals surface area (Å²) in [6, 6.07) is 4.70. The highest BCUT2D eigenvalue weighted by Gasteiger charge is 2.15. The van der Waals surface area contributed by atoms with Crippen molar-refractivity contribution in [3.63, 3.8) is 0 Å². The van der Waals surface area contributed by atoms with Crippen LogP contribution in [-0.2, 0) is 0 Å². The Hall–Kier alpha value is -1.07. The van der Waals surface area contributed by atoms with Crippen LogP contribution < -0.4 is 10.6 Å². The topological polar surface area (TPSA) is 39.7 Å². The summed E-state index contributed by atoms with van der Waals surface area (Å²) < 4.78 is 0. The van der Waals surface area contributed by atoms with E-state index in [1.54, 1.807) is 11.3 Å². The van der Waals surface area contributed by atoms with E-state index < -0.39 is 0 Å². The number of hydrogen-bond acceptors (Lipinski definition) is 5. The number of nitrogens with zero attached hydrogens (tertiary/aromatic N) is 2. The molecule has 94 valence electrons. The zero-order valence-electron chi connectivity index (χ0n) is 10.4. The van der Waals surface area contributed by atoms with E-state index in [4.69, 9.17) is 0 Å². The molecule has 2 N–H and O–H groups in total. The Morgan fingerprint density at radius 3 is 3.06 bits per heavy atom. The molecule has 2 heterocycles. The summed E-state index contributed by atoms with van der Waals surface area (Å²) in [7, 11) is 4.23. The summed E-state index contributed by atoms with van der Waals surface area (Å²) in [6.07, 6.45) is 1.13.